The summed E-state index contributed by atoms with van der Waals surface area (Å²) in [6, 6.07) is 1.97. The Morgan fingerprint density at radius 1 is 1.64 bits per heavy atom. The van der Waals surface area contributed by atoms with Gasteiger partial charge in [0, 0.05) is 25.3 Å². The highest BCUT2D eigenvalue weighted by molar-refractivity contribution is 5.00. The molecule has 0 saturated carbocycles. The second kappa shape index (κ2) is 4.57. The normalized spacial score (nSPS) is 15.4. The first-order chi connectivity index (χ1) is 6.61. The lowest BCUT2D eigenvalue weighted by Gasteiger charge is -2.27. The van der Waals surface area contributed by atoms with E-state index in [0.29, 0.717) is 0 Å². The van der Waals surface area contributed by atoms with Crippen molar-refractivity contribution in [1.82, 2.24) is 15.1 Å². The zero-order valence-electron chi connectivity index (χ0n) is 9.12. The summed E-state index contributed by atoms with van der Waals surface area (Å²) in [5, 5.41) is 16.6. The monoisotopic (exact) mass is 197 g/mol. The van der Waals surface area contributed by atoms with Crippen LogP contribution in [0.3, 0.4) is 0 Å². The molecular formula is C10H19N3O. The topological polar surface area (TPSA) is 50.1 Å². The summed E-state index contributed by atoms with van der Waals surface area (Å²) in [7, 11) is 1.92. The van der Waals surface area contributed by atoms with Gasteiger partial charge in [0.25, 0.3) is 0 Å². The standard InChI is InChI=1S/C10H19N3O/c1-4-10(2,8-14)11-7-9-5-6-12-13(9)3/h5-6,11,14H,4,7-8H2,1-3H3. The van der Waals surface area contributed by atoms with Crippen molar-refractivity contribution in [3.8, 4) is 0 Å². The van der Waals surface area contributed by atoms with Crippen LogP contribution in [0.4, 0.5) is 0 Å². The summed E-state index contributed by atoms with van der Waals surface area (Å²) in [6.45, 7) is 4.97. The molecule has 0 spiro atoms. The molecule has 1 atom stereocenters. The van der Waals surface area contributed by atoms with Crippen molar-refractivity contribution < 1.29 is 5.11 Å². The van der Waals surface area contributed by atoms with E-state index in [1.165, 1.54) is 0 Å². The van der Waals surface area contributed by atoms with Gasteiger partial charge in [0.1, 0.15) is 0 Å². The van der Waals surface area contributed by atoms with Crippen molar-refractivity contribution in [2.24, 2.45) is 7.05 Å². The molecule has 0 fully saturated rings. The maximum absolute atomic E-state index is 9.20. The summed E-state index contributed by atoms with van der Waals surface area (Å²) < 4.78 is 1.83. The Balaban J connectivity index is 2.52. The van der Waals surface area contributed by atoms with Crippen molar-refractivity contribution in [1.29, 1.82) is 0 Å². The molecule has 1 aromatic heterocycles. The van der Waals surface area contributed by atoms with Crippen LogP contribution < -0.4 is 5.32 Å². The van der Waals surface area contributed by atoms with Crippen LogP contribution in [0.25, 0.3) is 0 Å². The molecule has 0 radical (unpaired) electrons. The first-order valence-electron chi connectivity index (χ1n) is 4.94. The van der Waals surface area contributed by atoms with Gasteiger partial charge < -0.3 is 10.4 Å². The van der Waals surface area contributed by atoms with E-state index in [-0.39, 0.29) is 12.1 Å². The van der Waals surface area contributed by atoms with E-state index < -0.39 is 0 Å². The summed E-state index contributed by atoms with van der Waals surface area (Å²) >= 11 is 0. The van der Waals surface area contributed by atoms with Gasteiger partial charge >= 0.3 is 0 Å². The van der Waals surface area contributed by atoms with Gasteiger partial charge in [-0.15, -0.1) is 0 Å². The molecule has 4 nitrogen and oxygen atoms in total. The van der Waals surface area contributed by atoms with E-state index in [9.17, 15) is 5.11 Å². The van der Waals surface area contributed by atoms with Gasteiger partial charge in [0.2, 0.25) is 0 Å². The highest BCUT2D eigenvalue weighted by Gasteiger charge is 2.19. The maximum atomic E-state index is 9.20. The first-order valence-corrected chi connectivity index (χ1v) is 4.94. The average Bonchev–Trinajstić information content (AvgIpc) is 2.61. The minimum atomic E-state index is -0.190. The summed E-state index contributed by atoms with van der Waals surface area (Å²) in [5.74, 6) is 0. The molecule has 1 heterocycles. The predicted octanol–water partition coefficient (Wildman–Crippen LogP) is 0.671. The second-order valence-electron chi connectivity index (χ2n) is 3.87. The lowest BCUT2D eigenvalue weighted by Crippen LogP contribution is -2.44. The molecule has 80 valence electrons. The van der Waals surface area contributed by atoms with Crippen LogP contribution in [-0.4, -0.2) is 27.0 Å². The van der Waals surface area contributed by atoms with Crippen molar-refractivity contribution in [3.63, 3.8) is 0 Å². The number of hydrogen-bond donors (Lipinski definition) is 2. The summed E-state index contributed by atoms with van der Waals surface area (Å²) in [5.41, 5.74) is 0.933. The Bertz CT molecular complexity index is 279. The number of rotatable bonds is 5. The largest absolute Gasteiger partial charge is 0.394 e. The number of hydrogen-bond acceptors (Lipinski definition) is 3. The van der Waals surface area contributed by atoms with Crippen molar-refractivity contribution in [3.05, 3.63) is 18.0 Å². The molecule has 1 unspecified atom stereocenters. The van der Waals surface area contributed by atoms with Crippen molar-refractivity contribution in [2.45, 2.75) is 32.4 Å². The summed E-state index contributed by atoms with van der Waals surface area (Å²) in [4.78, 5) is 0. The fourth-order valence-corrected chi connectivity index (χ4v) is 1.17. The lowest BCUT2D eigenvalue weighted by atomic mass is 10.0. The smallest absolute Gasteiger partial charge is 0.0610 e. The molecule has 0 aromatic carbocycles. The Morgan fingerprint density at radius 2 is 2.36 bits per heavy atom. The molecule has 1 aromatic rings. The first kappa shape index (κ1) is 11.2. The van der Waals surface area contributed by atoms with E-state index in [4.69, 9.17) is 0 Å². The number of nitrogens with one attached hydrogen (secondary N) is 1. The molecule has 14 heavy (non-hydrogen) atoms. The number of aromatic nitrogens is 2. The molecule has 0 aliphatic heterocycles. The molecule has 2 N–H and O–H groups in total. The molecule has 0 amide bonds. The number of nitrogens with zero attached hydrogens (tertiary/aromatic N) is 2. The van der Waals surface area contributed by atoms with E-state index >= 15 is 0 Å². The SMILES string of the molecule is CCC(C)(CO)NCc1ccnn1C. The van der Waals surface area contributed by atoms with Crippen LogP contribution >= 0.6 is 0 Å². The number of aryl methyl sites for hydroxylation is 1. The number of aliphatic hydroxyl groups excluding tert-OH is 1. The van der Waals surface area contributed by atoms with Crippen LogP contribution in [0.1, 0.15) is 26.0 Å². The second-order valence-corrected chi connectivity index (χ2v) is 3.87. The van der Waals surface area contributed by atoms with Gasteiger partial charge in [-0.1, -0.05) is 6.92 Å². The molecule has 1 rings (SSSR count). The van der Waals surface area contributed by atoms with Gasteiger partial charge in [-0.25, -0.2) is 0 Å². The van der Waals surface area contributed by atoms with Crippen molar-refractivity contribution in [2.75, 3.05) is 6.61 Å². The third kappa shape index (κ3) is 2.56. The zero-order chi connectivity index (χ0) is 10.6. The fraction of sp³-hybridized carbons (Fsp3) is 0.700. The molecule has 4 heteroatoms. The van der Waals surface area contributed by atoms with Crippen LogP contribution in [0.2, 0.25) is 0 Å². The molecule has 0 bridgehead atoms. The Hall–Kier alpha value is -0.870. The quantitative estimate of drug-likeness (QED) is 0.729. The fourth-order valence-electron chi connectivity index (χ4n) is 1.17. The van der Waals surface area contributed by atoms with Crippen LogP contribution in [0.5, 0.6) is 0 Å². The van der Waals surface area contributed by atoms with E-state index in [2.05, 4.69) is 17.3 Å². The molecule has 0 aliphatic rings. The summed E-state index contributed by atoms with van der Waals surface area (Å²) in [6.07, 6.45) is 2.68. The van der Waals surface area contributed by atoms with Crippen LogP contribution in [0, 0.1) is 0 Å². The van der Waals surface area contributed by atoms with E-state index in [1.54, 1.807) is 6.20 Å². The van der Waals surface area contributed by atoms with Gasteiger partial charge in [-0.2, -0.15) is 5.10 Å². The third-order valence-electron chi connectivity index (χ3n) is 2.75. The lowest BCUT2D eigenvalue weighted by molar-refractivity contribution is 0.168. The zero-order valence-corrected chi connectivity index (χ0v) is 9.12. The van der Waals surface area contributed by atoms with Crippen molar-refractivity contribution >= 4 is 0 Å². The highest BCUT2D eigenvalue weighted by Crippen LogP contribution is 2.09. The average molecular weight is 197 g/mol. The Labute approximate surface area is 84.9 Å². The minimum absolute atomic E-state index is 0.154. The van der Waals surface area contributed by atoms with Crippen LogP contribution in [0.15, 0.2) is 12.3 Å². The number of aliphatic hydroxyl groups is 1. The maximum Gasteiger partial charge on any atom is 0.0610 e. The van der Waals surface area contributed by atoms with Gasteiger partial charge in [-0.05, 0) is 19.4 Å². The Morgan fingerprint density at radius 3 is 2.79 bits per heavy atom. The van der Waals surface area contributed by atoms with Gasteiger partial charge in [-0.3, -0.25) is 4.68 Å². The van der Waals surface area contributed by atoms with E-state index in [0.717, 1.165) is 18.7 Å². The third-order valence-corrected chi connectivity index (χ3v) is 2.75. The van der Waals surface area contributed by atoms with Crippen LogP contribution in [-0.2, 0) is 13.6 Å². The molecule has 0 aliphatic carbocycles. The highest BCUT2D eigenvalue weighted by atomic mass is 16.3. The van der Waals surface area contributed by atoms with Gasteiger partial charge in [0.05, 0.1) is 12.3 Å². The minimum Gasteiger partial charge on any atom is -0.394 e. The molecular weight excluding hydrogens is 178 g/mol. The Kier molecular flexibility index (Phi) is 3.66. The molecule has 0 saturated heterocycles. The van der Waals surface area contributed by atoms with Gasteiger partial charge in [0.15, 0.2) is 0 Å². The van der Waals surface area contributed by atoms with E-state index in [1.807, 2.05) is 24.7 Å². The predicted molar refractivity (Wildman–Crippen MR) is 55.8 cm³/mol.